The zero-order valence-corrected chi connectivity index (χ0v) is 22.8. The molecule has 37 heavy (non-hydrogen) atoms. The zero-order chi connectivity index (χ0) is 26.0. The van der Waals surface area contributed by atoms with Gasteiger partial charge in [-0.05, 0) is 72.9 Å². The summed E-state index contributed by atoms with van der Waals surface area (Å²) in [5, 5.41) is 1.13. The predicted molar refractivity (Wildman–Crippen MR) is 147 cm³/mol. The molecular formula is C27H27ClN4O3S2. The number of carbonyl (C=O) groups is 1. The molecule has 1 aliphatic heterocycles. The molecule has 192 valence electrons. The van der Waals surface area contributed by atoms with Crippen LogP contribution in [0.1, 0.15) is 30.9 Å². The highest BCUT2D eigenvalue weighted by atomic mass is 35.5. The standard InChI is InChI=1S/C27H27ClN4O3S2/c1-2-19-5-10-24-25(16-19)36-27(30-24)32(18-20-4-3-13-29-17-20)26(33)21-11-14-31(15-12-21)37(34,35)23-8-6-22(28)7-9-23/h3-10,13,16-17,21H,2,11-12,14-15,18H2,1H3. The molecule has 2 aromatic carbocycles. The van der Waals surface area contributed by atoms with Gasteiger partial charge in [0.25, 0.3) is 0 Å². The molecule has 1 fully saturated rings. The summed E-state index contributed by atoms with van der Waals surface area (Å²) in [6.45, 7) is 3.03. The van der Waals surface area contributed by atoms with Crippen LogP contribution >= 0.6 is 22.9 Å². The lowest BCUT2D eigenvalue weighted by Crippen LogP contribution is -2.44. The number of thiazole rings is 1. The SMILES string of the molecule is CCc1ccc2nc(N(Cc3cccnc3)C(=O)C3CCN(S(=O)(=O)c4ccc(Cl)cc4)CC3)sc2c1. The smallest absolute Gasteiger partial charge is 0.243 e. The maximum Gasteiger partial charge on any atom is 0.243 e. The molecule has 0 N–H and O–H groups in total. The van der Waals surface area contributed by atoms with Crippen molar-refractivity contribution in [3.63, 3.8) is 0 Å². The van der Waals surface area contributed by atoms with Crippen LogP contribution in [0.25, 0.3) is 10.2 Å². The fourth-order valence-corrected chi connectivity index (χ4v) is 7.16. The number of carbonyl (C=O) groups excluding carboxylic acids is 1. The number of halogens is 1. The second kappa shape index (κ2) is 10.9. The van der Waals surface area contributed by atoms with Crippen molar-refractivity contribution in [2.45, 2.75) is 37.6 Å². The molecule has 2 aromatic heterocycles. The molecule has 0 saturated carbocycles. The molecule has 0 bridgehead atoms. The molecule has 10 heteroatoms. The number of hydrogen-bond donors (Lipinski definition) is 0. The zero-order valence-electron chi connectivity index (χ0n) is 20.4. The van der Waals surface area contributed by atoms with E-state index >= 15 is 0 Å². The van der Waals surface area contributed by atoms with Gasteiger partial charge in [0.1, 0.15) is 0 Å². The number of hydrogen-bond acceptors (Lipinski definition) is 6. The average molecular weight is 555 g/mol. The molecule has 1 amide bonds. The number of pyridine rings is 1. The number of anilines is 1. The Morgan fingerprint density at radius 3 is 2.54 bits per heavy atom. The predicted octanol–water partition coefficient (Wildman–Crippen LogP) is 5.54. The van der Waals surface area contributed by atoms with E-state index in [-0.39, 0.29) is 29.8 Å². The molecule has 1 aliphatic rings. The van der Waals surface area contributed by atoms with Crippen molar-refractivity contribution in [1.29, 1.82) is 0 Å². The van der Waals surface area contributed by atoms with E-state index in [4.69, 9.17) is 16.6 Å². The molecule has 4 aromatic rings. The first-order valence-corrected chi connectivity index (χ1v) is 14.8. The quantitative estimate of drug-likeness (QED) is 0.299. The maximum absolute atomic E-state index is 13.9. The highest BCUT2D eigenvalue weighted by Crippen LogP contribution is 2.33. The molecule has 1 saturated heterocycles. The van der Waals surface area contributed by atoms with E-state index in [1.807, 2.05) is 18.2 Å². The van der Waals surface area contributed by atoms with Crippen LogP contribution in [0.15, 0.2) is 71.9 Å². The van der Waals surface area contributed by atoms with Crippen LogP contribution in [0.4, 0.5) is 5.13 Å². The molecule has 0 unspecified atom stereocenters. The van der Waals surface area contributed by atoms with Gasteiger partial charge in [-0.15, -0.1) is 0 Å². The Kier molecular flexibility index (Phi) is 7.57. The van der Waals surface area contributed by atoms with Gasteiger partial charge in [0.05, 0.1) is 21.7 Å². The van der Waals surface area contributed by atoms with Gasteiger partial charge in [-0.3, -0.25) is 14.7 Å². The van der Waals surface area contributed by atoms with Crippen LogP contribution in [0.2, 0.25) is 5.02 Å². The topological polar surface area (TPSA) is 83.5 Å². The Bertz CT molecular complexity index is 1500. The summed E-state index contributed by atoms with van der Waals surface area (Å²) >= 11 is 7.43. The summed E-state index contributed by atoms with van der Waals surface area (Å²) in [6, 6.07) is 16.2. The first kappa shape index (κ1) is 25.8. The van der Waals surface area contributed by atoms with Gasteiger partial charge in [-0.25, -0.2) is 13.4 Å². The number of rotatable bonds is 7. The van der Waals surface area contributed by atoms with Gasteiger partial charge in [-0.1, -0.05) is 42.0 Å². The number of nitrogens with zero attached hydrogens (tertiary/aromatic N) is 4. The van der Waals surface area contributed by atoms with Crippen LogP contribution in [0.5, 0.6) is 0 Å². The normalized spacial score (nSPS) is 15.2. The van der Waals surface area contributed by atoms with Gasteiger partial charge in [0.2, 0.25) is 15.9 Å². The first-order valence-electron chi connectivity index (χ1n) is 12.2. The number of aryl methyl sites for hydroxylation is 1. The summed E-state index contributed by atoms with van der Waals surface area (Å²) in [7, 11) is -3.64. The lowest BCUT2D eigenvalue weighted by atomic mass is 9.96. The molecule has 0 radical (unpaired) electrons. The van der Waals surface area contributed by atoms with Crippen molar-refractivity contribution >= 4 is 54.2 Å². The molecule has 5 rings (SSSR count). The van der Waals surface area contributed by atoms with Crippen molar-refractivity contribution in [1.82, 2.24) is 14.3 Å². The minimum Gasteiger partial charge on any atom is -0.283 e. The number of sulfonamides is 1. The van der Waals surface area contributed by atoms with Gasteiger partial charge in [0.15, 0.2) is 5.13 Å². The second-order valence-corrected chi connectivity index (χ2v) is 12.5. The Morgan fingerprint density at radius 2 is 1.86 bits per heavy atom. The summed E-state index contributed by atoms with van der Waals surface area (Å²) in [5.41, 5.74) is 3.00. The van der Waals surface area contributed by atoms with Crippen LogP contribution in [-0.2, 0) is 27.8 Å². The van der Waals surface area contributed by atoms with E-state index in [0.717, 1.165) is 22.2 Å². The Labute approximate surface area is 225 Å². The number of piperidine rings is 1. The molecular weight excluding hydrogens is 528 g/mol. The molecule has 0 atom stereocenters. The molecule has 7 nitrogen and oxygen atoms in total. The van der Waals surface area contributed by atoms with Gasteiger partial charge >= 0.3 is 0 Å². The summed E-state index contributed by atoms with van der Waals surface area (Å²) in [6.07, 6.45) is 5.28. The molecule has 0 aliphatic carbocycles. The lowest BCUT2D eigenvalue weighted by Gasteiger charge is -2.33. The number of benzene rings is 2. The van der Waals surface area contributed by atoms with E-state index in [1.54, 1.807) is 29.4 Å². The van der Waals surface area contributed by atoms with Crippen LogP contribution in [0, 0.1) is 5.92 Å². The first-order chi connectivity index (χ1) is 17.8. The van der Waals surface area contributed by atoms with Gasteiger partial charge in [0, 0.05) is 36.4 Å². The molecule has 0 spiro atoms. The van der Waals surface area contributed by atoms with Crippen LogP contribution in [-0.4, -0.2) is 41.7 Å². The Hall–Kier alpha value is -2.85. The fourth-order valence-electron chi connectivity index (χ4n) is 4.53. The number of aromatic nitrogens is 2. The van der Waals surface area contributed by atoms with Crippen molar-refractivity contribution in [3.8, 4) is 0 Å². The van der Waals surface area contributed by atoms with Crippen molar-refractivity contribution in [2.24, 2.45) is 5.92 Å². The van der Waals surface area contributed by atoms with E-state index in [0.29, 0.717) is 29.5 Å². The van der Waals surface area contributed by atoms with E-state index < -0.39 is 10.0 Å². The van der Waals surface area contributed by atoms with E-state index in [9.17, 15) is 13.2 Å². The van der Waals surface area contributed by atoms with Gasteiger partial charge < -0.3 is 0 Å². The van der Waals surface area contributed by atoms with E-state index in [2.05, 4.69) is 24.0 Å². The minimum atomic E-state index is -3.64. The van der Waals surface area contributed by atoms with Crippen molar-refractivity contribution in [3.05, 3.63) is 83.1 Å². The van der Waals surface area contributed by atoms with Crippen molar-refractivity contribution in [2.75, 3.05) is 18.0 Å². The fraction of sp³-hybridized carbons (Fsp3) is 0.296. The third-order valence-corrected chi connectivity index (χ3v) is 9.87. The largest absolute Gasteiger partial charge is 0.283 e. The summed E-state index contributed by atoms with van der Waals surface area (Å²) in [4.78, 5) is 24.8. The third-order valence-electron chi connectivity index (χ3n) is 6.66. The lowest BCUT2D eigenvalue weighted by molar-refractivity contribution is -0.123. The second-order valence-electron chi connectivity index (χ2n) is 9.07. The Morgan fingerprint density at radius 1 is 1.11 bits per heavy atom. The Balaban J connectivity index is 1.37. The summed E-state index contributed by atoms with van der Waals surface area (Å²) in [5.74, 6) is -0.339. The number of fused-ring (bicyclic) bond motifs is 1. The van der Waals surface area contributed by atoms with Crippen LogP contribution < -0.4 is 4.90 Å². The highest BCUT2D eigenvalue weighted by molar-refractivity contribution is 7.89. The van der Waals surface area contributed by atoms with Gasteiger partial charge in [-0.2, -0.15) is 4.31 Å². The monoisotopic (exact) mass is 554 g/mol. The third kappa shape index (κ3) is 5.55. The van der Waals surface area contributed by atoms with E-state index in [1.165, 1.54) is 33.3 Å². The maximum atomic E-state index is 13.9. The molecule has 3 heterocycles. The van der Waals surface area contributed by atoms with Crippen molar-refractivity contribution < 1.29 is 13.2 Å². The number of amides is 1. The average Bonchev–Trinajstić information content (AvgIpc) is 3.35. The summed E-state index contributed by atoms with van der Waals surface area (Å²) < 4.78 is 28.7. The minimum absolute atomic E-state index is 0.0397. The van der Waals surface area contributed by atoms with Crippen LogP contribution in [0.3, 0.4) is 0 Å². The highest BCUT2D eigenvalue weighted by Gasteiger charge is 2.35.